The number of phenols is 1. The Morgan fingerprint density at radius 2 is 1.35 bits per heavy atom. The fourth-order valence-electron chi connectivity index (χ4n) is 5.32. The van der Waals surface area contributed by atoms with Crippen LogP contribution in [-0.4, -0.2) is 71.3 Å². The molecule has 1 aliphatic rings. The molecule has 0 bridgehead atoms. The first-order valence-corrected chi connectivity index (χ1v) is 15.5. The van der Waals surface area contributed by atoms with Gasteiger partial charge in [-0.2, -0.15) is 0 Å². The maximum Gasteiger partial charge on any atom is 0.408 e. The third-order valence-electron chi connectivity index (χ3n) is 7.70. The van der Waals surface area contributed by atoms with Crippen molar-refractivity contribution in [2.45, 2.75) is 102 Å². The second-order valence-electron chi connectivity index (χ2n) is 12.7. The molecular weight excluding hydrogens is 592 g/mol. The summed E-state index contributed by atoms with van der Waals surface area (Å²) in [6.45, 7) is 6.54. The van der Waals surface area contributed by atoms with Crippen LogP contribution in [-0.2, 0) is 41.5 Å². The number of carbonyl (C=O) groups excluding carboxylic acids is 5. The molecule has 0 spiro atoms. The maximum absolute atomic E-state index is 13.7. The Morgan fingerprint density at radius 1 is 0.783 bits per heavy atom. The monoisotopic (exact) mass is 638 g/mol. The van der Waals surface area contributed by atoms with Gasteiger partial charge in [-0.25, -0.2) is 9.59 Å². The number of aromatic hydroxyl groups is 1. The Labute approximate surface area is 270 Å². The van der Waals surface area contributed by atoms with E-state index in [1.54, 1.807) is 32.9 Å². The van der Waals surface area contributed by atoms with Crippen molar-refractivity contribution >= 4 is 29.8 Å². The van der Waals surface area contributed by atoms with E-state index in [-0.39, 0.29) is 18.6 Å². The van der Waals surface area contributed by atoms with Gasteiger partial charge in [0.2, 0.25) is 17.7 Å². The van der Waals surface area contributed by atoms with Crippen LogP contribution in [0.1, 0.15) is 70.9 Å². The van der Waals surface area contributed by atoms with E-state index in [0.29, 0.717) is 18.4 Å². The van der Waals surface area contributed by atoms with Gasteiger partial charge in [-0.1, -0.05) is 61.7 Å². The molecule has 0 aliphatic heterocycles. The summed E-state index contributed by atoms with van der Waals surface area (Å²) in [5, 5.41) is 20.5. The molecule has 3 atom stereocenters. The lowest BCUT2D eigenvalue weighted by Crippen LogP contribution is -2.62. The fraction of sp³-hybridized carbons (Fsp3) is 0.500. The average molecular weight is 639 g/mol. The quantitative estimate of drug-likeness (QED) is 0.221. The molecule has 5 N–H and O–H groups in total. The standard InChI is InChI=1S/C34H46N4O8/c1-22(35-29(41)26(37-32(44)46-33(2,3)4)21-24-14-16-25(39)17-15-24)28(40)36-27(20-23-12-8-6-9-13-23)30(42)38-34(31(43)45-5)18-10-7-11-19-34/h6,8-9,12-17,22,26-27,39H,7,10-11,18-21H2,1-5H3,(H,35,41)(H,36,40)(H,37,44)(H,38,42)/t22-,26+,27+/m1/s1. The molecule has 0 aromatic heterocycles. The maximum atomic E-state index is 13.7. The number of nitrogens with one attached hydrogen (secondary N) is 4. The predicted octanol–water partition coefficient (Wildman–Crippen LogP) is 3.05. The number of hydrogen-bond acceptors (Lipinski definition) is 8. The van der Waals surface area contributed by atoms with Crippen LogP contribution in [0.15, 0.2) is 54.6 Å². The lowest BCUT2D eigenvalue weighted by molar-refractivity contribution is -0.153. The predicted molar refractivity (Wildman–Crippen MR) is 171 cm³/mol. The molecule has 3 rings (SSSR count). The highest BCUT2D eigenvalue weighted by atomic mass is 16.6. The smallest absolute Gasteiger partial charge is 0.408 e. The number of hydrogen-bond donors (Lipinski definition) is 5. The normalized spacial score (nSPS) is 16.1. The van der Waals surface area contributed by atoms with Crippen molar-refractivity contribution < 1.29 is 38.6 Å². The van der Waals surface area contributed by atoms with Crippen molar-refractivity contribution in [1.29, 1.82) is 0 Å². The summed E-state index contributed by atoms with van der Waals surface area (Å²) < 4.78 is 10.4. The van der Waals surface area contributed by atoms with Gasteiger partial charge in [0.15, 0.2) is 0 Å². The molecule has 12 nitrogen and oxygen atoms in total. The fourth-order valence-corrected chi connectivity index (χ4v) is 5.32. The Kier molecular flexibility index (Phi) is 12.6. The van der Waals surface area contributed by atoms with Crippen molar-refractivity contribution in [3.05, 3.63) is 65.7 Å². The molecule has 1 saturated carbocycles. The third kappa shape index (κ3) is 10.8. The molecule has 2 aromatic rings. The largest absolute Gasteiger partial charge is 0.508 e. The SMILES string of the molecule is COC(=O)C1(NC(=O)[C@H](Cc2ccccc2)NC(=O)[C@@H](C)NC(=O)[C@H](Cc2ccc(O)cc2)NC(=O)OC(C)(C)C)CCCCC1. The lowest BCUT2D eigenvalue weighted by Gasteiger charge is -2.36. The molecular formula is C34H46N4O8. The lowest BCUT2D eigenvalue weighted by atomic mass is 9.81. The highest BCUT2D eigenvalue weighted by Gasteiger charge is 2.43. The molecule has 46 heavy (non-hydrogen) atoms. The van der Waals surface area contributed by atoms with Gasteiger partial charge in [-0.15, -0.1) is 0 Å². The van der Waals surface area contributed by atoms with Crippen molar-refractivity contribution in [3.8, 4) is 5.75 Å². The van der Waals surface area contributed by atoms with Crippen LogP contribution in [0, 0.1) is 0 Å². The van der Waals surface area contributed by atoms with Gasteiger partial charge in [-0.3, -0.25) is 14.4 Å². The van der Waals surface area contributed by atoms with E-state index in [2.05, 4.69) is 21.3 Å². The average Bonchev–Trinajstić information content (AvgIpc) is 3.00. The number of ether oxygens (including phenoxy) is 2. The van der Waals surface area contributed by atoms with Crippen molar-refractivity contribution in [2.24, 2.45) is 0 Å². The molecule has 12 heteroatoms. The summed E-state index contributed by atoms with van der Waals surface area (Å²) in [7, 11) is 1.28. The number of phenolic OH excluding ortho intramolecular Hbond substituents is 1. The van der Waals surface area contributed by atoms with E-state index >= 15 is 0 Å². The van der Waals surface area contributed by atoms with Gasteiger partial charge in [0.1, 0.15) is 35.0 Å². The van der Waals surface area contributed by atoms with Gasteiger partial charge in [0.25, 0.3) is 0 Å². The minimum absolute atomic E-state index is 0.0465. The summed E-state index contributed by atoms with van der Waals surface area (Å²) in [6.07, 6.45) is 2.66. The van der Waals surface area contributed by atoms with Gasteiger partial charge in [-0.05, 0) is 63.8 Å². The number of methoxy groups -OCH3 is 1. The molecule has 4 amide bonds. The van der Waals surface area contributed by atoms with Crippen molar-refractivity contribution in [1.82, 2.24) is 21.3 Å². The number of alkyl carbamates (subject to hydrolysis) is 1. The summed E-state index contributed by atoms with van der Waals surface area (Å²) in [4.78, 5) is 65.9. The van der Waals surface area contributed by atoms with Crippen molar-refractivity contribution in [2.75, 3.05) is 7.11 Å². The number of rotatable bonds is 12. The van der Waals surface area contributed by atoms with Crippen LogP contribution in [0.25, 0.3) is 0 Å². The highest BCUT2D eigenvalue weighted by Crippen LogP contribution is 2.29. The molecule has 0 heterocycles. The van der Waals surface area contributed by atoms with Gasteiger partial charge >= 0.3 is 12.1 Å². The van der Waals surface area contributed by atoms with Gasteiger partial charge in [0, 0.05) is 12.8 Å². The highest BCUT2D eigenvalue weighted by molar-refractivity contribution is 5.95. The molecule has 1 fully saturated rings. The minimum atomic E-state index is -1.18. The number of carbonyl (C=O) groups is 5. The minimum Gasteiger partial charge on any atom is -0.508 e. The zero-order valence-corrected chi connectivity index (χ0v) is 27.2. The van der Waals surface area contributed by atoms with Crippen LogP contribution in [0.3, 0.4) is 0 Å². The van der Waals surface area contributed by atoms with Crippen molar-refractivity contribution in [3.63, 3.8) is 0 Å². The van der Waals surface area contributed by atoms with Crippen LogP contribution in [0.4, 0.5) is 4.79 Å². The Morgan fingerprint density at radius 3 is 1.91 bits per heavy atom. The summed E-state index contributed by atoms with van der Waals surface area (Å²) in [6, 6.07) is 12.0. The molecule has 0 unspecified atom stereocenters. The Hall–Kier alpha value is -4.61. The third-order valence-corrected chi connectivity index (χ3v) is 7.70. The Bertz CT molecular complexity index is 1350. The molecule has 1 aliphatic carbocycles. The molecule has 0 saturated heterocycles. The first-order chi connectivity index (χ1) is 21.7. The number of esters is 1. The second-order valence-corrected chi connectivity index (χ2v) is 12.7. The first-order valence-electron chi connectivity index (χ1n) is 15.5. The number of amides is 4. The van der Waals surface area contributed by atoms with E-state index in [4.69, 9.17) is 9.47 Å². The van der Waals surface area contributed by atoms with E-state index in [9.17, 15) is 29.1 Å². The van der Waals surface area contributed by atoms with Crippen LogP contribution >= 0.6 is 0 Å². The van der Waals surface area contributed by atoms with E-state index in [1.807, 2.05) is 30.3 Å². The van der Waals surface area contributed by atoms with Crippen LogP contribution in [0.2, 0.25) is 0 Å². The van der Waals surface area contributed by atoms with E-state index in [1.165, 1.54) is 26.2 Å². The Balaban J connectivity index is 1.76. The molecule has 0 radical (unpaired) electrons. The summed E-state index contributed by atoms with van der Waals surface area (Å²) in [5.41, 5.74) is -0.563. The van der Waals surface area contributed by atoms with Gasteiger partial charge < -0.3 is 35.8 Å². The van der Waals surface area contributed by atoms with Gasteiger partial charge in [0.05, 0.1) is 7.11 Å². The van der Waals surface area contributed by atoms with Crippen LogP contribution < -0.4 is 21.3 Å². The second kappa shape index (κ2) is 16.1. The summed E-state index contributed by atoms with van der Waals surface area (Å²) >= 11 is 0. The van der Waals surface area contributed by atoms with E-state index < -0.39 is 59.0 Å². The summed E-state index contributed by atoms with van der Waals surface area (Å²) in [5.74, 6) is -2.31. The van der Waals surface area contributed by atoms with Crippen LogP contribution in [0.5, 0.6) is 5.75 Å². The molecule has 250 valence electrons. The zero-order chi connectivity index (χ0) is 33.9. The molecule has 2 aromatic carbocycles. The number of benzene rings is 2. The zero-order valence-electron chi connectivity index (χ0n) is 27.2. The first kappa shape index (κ1) is 35.9. The topological polar surface area (TPSA) is 172 Å². The van der Waals surface area contributed by atoms with E-state index in [0.717, 1.165) is 24.8 Å².